The summed E-state index contributed by atoms with van der Waals surface area (Å²) >= 11 is 3.45. The van der Waals surface area contributed by atoms with Gasteiger partial charge in [-0.05, 0) is 46.8 Å². The largest absolute Gasteiger partial charge is 0.359 e. The summed E-state index contributed by atoms with van der Waals surface area (Å²) < 4.78 is 0.893. The van der Waals surface area contributed by atoms with Gasteiger partial charge in [0.25, 0.3) is 0 Å². The standard InChI is InChI=1S/C14H15BrN4O/c15-11-7-18-14(13-10(11)2-1-5-16-13)19-8-12(20)17-6-9-3-4-9/h1-2,5,7,9H,3-4,6,8H2,(H,17,20)(H,18,19). The molecule has 0 aromatic carbocycles. The number of nitrogens with zero attached hydrogens (tertiary/aromatic N) is 2. The second kappa shape index (κ2) is 5.75. The highest BCUT2D eigenvalue weighted by atomic mass is 79.9. The van der Waals surface area contributed by atoms with Crippen molar-refractivity contribution in [2.24, 2.45) is 5.92 Å². The quantitative estimate of drug-likeness (QED) is 0.880. The summed E-state index contributed by atoms with van der Waals surface area (Å²) in [7, 11) is 0. The number of carbonyl (C=O) groups is 1. The smallest absolute Gasteiger partial charge is 0.239 e. The number of halogens is 1. The molecule has 20 heavy (non-hydrogen) atoms. The van der Waals surface area contributed by atoms with Crippen molar-refractivity contribution in [3.63, 3.8) is 0 Å². The highest BCUT2D eigenvalue weighted by Crippen LogP contribution is 2.27. The highest BCUT2D eigenvalue weighted by molar-refractivity contribution is 9.10. The molecule has 6 heteroatoms. The Morgan fingerprint density at radius 2 is 2.25 bits per heavy atom. The summed E-state index contributed by atoms with van der Waals surface area (Å²) in [5, 5.41) is 6.94. The third-order valence-corrected chi connectivity index (χ3v) is 3.93. The predicted octanol–water partition coefficient (Wildman–Crippen LogP) is 2.33. The minimum absolute atomic E-state index is 0.00861. The molecule has 2 N–H and O–H groups in total. The Morgan fingerprint density at radius 1 is 1.40 bits per heavy atom. The Kier molecular flexibility index (Phi) is 3.82. The summed E-state index contributed by atoms with van der Waals surface area (Å²) in [6.07, 6.45) is 5.90. The molecular weight excluding hydrogens is 320 g/mol. The van der Waals surface area contributed by atoms with Gasteiger partial charge in [0.05, 0.1) is 6.54 Å². The molecule has 0 aliphatic heterocycles. The molecule has 5 nitrogen and oxygen atoms in total. The van der Waals surface area contributed by atoms with Crippen molar-refractivity contribution < 1.29 is 4.79 Å². The molecule has 2 heterocycles. The molecule has 1 fully saturated rings. The highest BCUT2D eigenvalue weighted by Gasteiger charge is 2.21. The first-order valence-electron chi connectivity index (χ1n) is 6.64. The van der Waals surface area contributed by atoms with Gasteiger partial charge in [-0.25, -0.2) is 4.98 Å². The van der Waals surface area contributed by atoms with Crippen LogP contribution in [-0.4, -0.2) is 29.0 Å². The zero-order valence-electron chi connectivity index (χ0n) is 10.9. The lowest BCUT2D eigenvalue weighted by molar-refractivity contribution is -0.119. The van der Waals surface area contributed by atoms with Crippen molar-refractivity contribution in [3.8, 4) is 0 Å². The molecule has 3 rings (SSSR count). The summed E-state index contributed by atoms with van der Waals surface area (Å²) in [6.45, 7) is 1.00. The van der Waals surface area contributed by atoms with Gasteiger partial charge in [0, 0.05) is 28.8 Å². The van der Waals surface area contributed by atoms with Gasteiger partial charge < -0.3 is 10.6 Å². The number of hydrogen-bond donors (Lipinski definition) is 2. The number of pyridine rings is 2. The summed E-state index contributed by atoms with van der Waals surface area (Å²) in [6, 6.07) is 3.84. The van der Waals surface area contributed by atoms with Crippen molar-refractivity contribution >= 4 is 38.6 Å². The second-order valence-electron chi connectivity index (χ2n) is 4.96. The van der Waals surface area contributed by atoms with Crippen molar-refractivity contribution in [2.45, 2.75) is 12.8 Å². The van der Waals surface area contributed by atoms with E-state index in [0.717, 1.165) is 21.9 Å². The van der Waals surface area contributed by atoms with Crippen molar-refractivity contribution in [2.75, 3.05) is 18.4 Å². The molecule has 0 bridgehead atoms. The average molecular weight is 335 g/mol. The first-order chi connectivity index (χ1) is 9.74. The molecule has 0 spiro atoms. The van der Waals surface area contributed by atoms with Crippen molar-refractivity contribution in [1.29, 1.82) is 0 Å². The third-order valence-electron chi connectivity index (χ3n) is 3.30. The van der Waals surface area contributed by atoms with Gasteiger partial charge in [-0.1, -0.05) is 0 Å². The van der Waals surface area contributed by atoms with Crippen LogP contribution in [0.15, 0.2) is 29.0 Å². The summed E-state index contributed by atoms with van der Waals surface area (Å²) in [5.41, 5.74) is 0.761. The van der Waals surface area contributed by atoms with E-state index in [1.807, 2.05) is 12.1 Å². The van der Waals surface area contributed by atoms with E-state index >= 15 is 0 Å². The number of carbonyl (C=O) groups excluding carboxylic acids is 1. The molecule has 1 aliphatic rings. The van der Waals surface area contributed by atoms with Crippen LogP contribution in [0.2, 0.25) is 0 Å². The molecular formula is C14H15BrN4O. The second-order valence-corrected chi connectivity index (χ2v) is 5.81. The molecule has 0 unspecified atom stereocenters. The number of amides is 1. The fourth-order valence-corrected chi connectivity index (χ4v) is 2.40. The van der Waals surface area contributed by atoms with Gasteiger partial charge in [0.1, 0.15) is 5.52 Å². The normalized spacial score (nSPS) is 14.2. The lowest BCUT2D eigenvalue weighted by Crippen LogP contribution is -2.31. The average Bonchev–Trinajstić information content (AvgIpc) is 3.29. The van der Waals surface area contributed by atoms with Crippen LogP contribution in [0.1, 0.15) is 12.8 Å². The summed E-state index contributed by atoms with van der Waals surface area (Å²) in [4.78, 5) is 20.3. The van der Waals surface area contributed by atoms with E-state index in [4.69, 9.17) is 0 Å². The number of hydrogen-bond acceptors (Lipinski definition) is 4. The fourth-order valence-electron chi connectivity index (χ4n) is 1.97. The van der Waals surface area contributed by atoms with E-state index in [9.17, 15) is 4.79 Å². The lowest BCUT2D eigenvalue weighted by atomic mass is 10.2. The van der Waals surface area contributed by atoms with Crippen LogP contribution in [0.5, 0.6) is 0 Å². The van der Waals surface area contributed by atoms with Crippen LogP contribution >= 0.6 is 15.9 Å². The molecule has 1 amide bonds. The number of fused-ring (bicyclic) bond motifs is 1. The molecule has 0 saturated heterocycles. The Hall–Kier alpha value is -1.69. The zero-order chi connectivity index (χ0) is 13.9. The first-order valence-corrected chi connectivity index (χ1v) is 7.43. The minimum Gasteiger partial charge on any atom is -0.359 e. The van der Waals surface area contributed by atoms with E-state index < -0.39 is 0 Å². The Labute approximate surface area is 125 Å². The van der Waals surface area contributed by atoms with Crippen molar-refractivity contribution in [1.82, 2.24) is 15.3 Å². The van der Waals surface area contributed by atoms with Gasteiger partial charge in [-0.15, -0.1) is 0 Å². The van der Waals surface area contributed by atoms with Crippen molar-refractivity contribution in [3.05, 3.63) is 29.0 Å². The lowest BCUT2D eigenvalue weighted by Gasteiger charge is -2.09. The molecule has 104 valence electrons. The molecule has 0 atom stereocenters. The van der Waals surface area contributed by atoms with Crippen LogP contribution in [0.25, 0.3) is 10.9 Å². The Morgan fingerprint density at radius 3 is 3.05 bits per heavy atom. The van der Waals surface area contributed by atoms with Crippen LogP contribution in [-0.2, 0) is 4.79 Å². The van der Waals surface area contributed by atoms with E-state index in [-0.39, 0.29) is 12.5 Å². The van der Waals surface area contributed by atoms with Crippen LogP contribution < -0.4 is 10.6 Å². The van der Waals surface area contributed by atoms with Gasteiger partial charge in [0.2, 0.25) is 5.91 Å². The van der Waals surface area contributed by atoms with E-state index in [2.05, 4.69) is 36.5 Å². The maximum absolute atomic E-state index is 11.7. The number of anilines is 1. The van der Waals surface area contributed by atoms with Crippen LogP contribution in [0.3, 0.4) is 0 Å². The molecule has 2 aromatic rings. The number of aromatic nitrogens is 2. The Balaban J connectivity index is 1.67. The third kappa shape index (κ3) is 3.07. The SMILES string of the molecule is O=C(CNc1ncc(Br)c2cccnc12)NCC1CC1. The minimum atomic E-state index is -0.00861. The summed E-state index contributed by atoms with van der Waals surface area (Å²) in [5.74, 6) is 1.31. The van der Waals surface area contributed by atoms with E-state index in [1.54, 1.807) is 12.4 Å². The van der Waals surface area contributed by atoms with E-state index in [1.165, 1.54) is 12.8 Å². The molecule has 1 saturated carbocycles. The van der Waals surface area contributed by atoms with Gasteiger partial charge in [-0.3, -0.25) is 9.78 Å². The van der Waals surface area contributed by atoms with Crippen LogP contribution in [0, 0.1) is 5.92 Å². The predicted molar refractivity (Wildman–Crippen MR) is 81.5 cm³/mol. The van der Waals surface area contributed by atoms with Gasteiger partial charge in [-0.2, -0.15) is 0 Å². The fraction of sp³-hybridized carbons (Fsp3) is 0.357. The topological polar surface area (TPSA) is 66.9 Å². The van der Waals surface area contributed by atoms with Gasteiger partial charge >= 0.3 is 0 Å². The zero-order valence-corrected chi connectivity index (χ0v) is 12.5. The van der Waals surface area contributed by atoms with Gasteiger partial charge in [0.15, 0.2) is 5.82 Å². The monoisotopic (exact) mass is 334 g/mol. The Bertz CT molecular complexity index is 642. The maximum atomic E-state index is 11.7. The number of nitrogens with one attached hydrogen (secondary N) is 2. The molecule has 0 radical (unpaired) electrons. The van der Waals surface area contributed by atoms with E-state index in [0.29, 0.717) is 11.7 Å². The molecule has 2 aromatic heterocycles. The first kappa shape index (κ1) is 13.3. The molecule has 1 aliphatic carbocycles. The number of rotatable bonds is 5. The maximum Gasteiger partial charge on any atom is 0.239 e. The van der Waals surface area contributed by atoms with Crippen LogP contribution in [0.4, 0.5) is 5.82 Å².